The molecule has 3 heterocycles. The van der Waals surface area contributed by atoms with Gasteiger partial charge in [-0.1, -0.05) is 51.8 Å². The van der Waals surface area contributed by atoms with E-state index < -0.39 is 0 Å². The summed E-state index contributed by atoms with van der Waals surface area (Å²) in [6.45, 7) is 7.09. The maximum absolute atomic E-state index is 13.2. The van der Waals surface area contributed by atoms with E-state index in [9.17, 15) is 9.18 Å². The molecule has 2 aliphatic rings. The fraction of sp³-hybridized carbons (Fsp3) is 0.379. The molecule has 200 valence electrons. The second-order valence-electron chi connectivity index (χ2n) is 10.00. The van der Waals surface area contributed by atoms with E-state index in [4.69, 9.17) is 11.6 Å². The summed E-state index contributed by atoms with van der Waals surface area (Å²) in [5.74, 6) is 0.367. The van der Waals surface area contributed by atoms with Crippen molar-refractivity contribution in [2.75, 3.05) is 44.2 Å². The number of carbonyl (C=O) groups is 1. The lowest BCUT2D eigenvalue weighted by molar-refractivity contribution is 0.0950. The van der Waals surface area contributed by atoms with Crippen LogP contribution in [0.15, 0.2) is 65.3 Å². The molecule has 38 heavy (non-hydrogen) atoms. The fourth-order valence-corrected chi connectivity index (χ4v) is 5.81. The van der Waals surface area contributed by atoms with E-state index in [1.54, 1.807) is 12.3 Å². The van der Waals surface area contributed by atoms with Gasteiger partial charge in [0.25, 0.3) is 5.91 Å². The predicted octanol–water partition coefficient (Wildman–Crippen LogP) is 5.35. The van der Waals surface area contributed by atoms with E-state index in [1.165, 1.54) is 12.1 Å². The Morgan fingerprint density at radius 1 is 0.974 bits per heavy atom. The molecule has 5 rings (SSSR count). The molecule has 0 saturated carbocycles. The van der Waals surface area contributed by atoms with Crippen molar-refractivity contribution in [2.45, 2.75) is 32.0 Å². The van der Waals surface area contributed by atoms with E-state index in [0.29, 0.717) is 23.2 Å². The first-order chi connectivity index (χ1) is 18.4. The van der Waals surface area contributed by atoms with Crippen LogP contribution < -0.4 is 10.2 Å². The SMILES string of the molecule is O=C(NCc1ccc(Br)cc1)c1cnc(N2CCN(C3CCN(Cc4ccc(F)cc4)CC3)CC2)c(Cl)c1. The Morgan fingerprint density at radius 3 is 2.29 bits per heavy atom. The molecule has 9 heteroatoms. The number of piperazine rings is 1. The standard InChI is InChI=1S/C29H32BrClFN5O/c30-24-5-1-21(2-6-24)18-34-29(38)23-17-27(31)28(33-19-23)37-15-13-36(14-16-37)26-9-11-35(12-10-26)20-22-3-7-25(32)8-4-22/h1-8,17,19,26H,9-16,18,20H2,(H,34,38). The molecule has 0 atom stereocenters. The van der Waals surface area contributed by atoms with Crippen LogP contribution in [0.2, 0.25) is 5.02 Å². The molecule has 2 aliphatic heterocycles. The van der Waals surface area contributed by atoms with Crippen LogP contribution in [0, 0.1) is 5.82 Å². The molecule has 1 aromatic heterocycles. The lowest BCUT2D eigenvalue weighted by Gasteiger charge is -2.43. The van der Waals surface area contributed by atoms with E-state index in [1.807, 2.05) is 36.4 Å². The van der Waals surface area contributed by atoms with Gasteiger partial charge < -0.3 is 10.2 Å². The summed E-state index contributed by atoms with van der Waals surface area (Å²) in [6, 6.07) is 17.0. The number of amides is 1. The van der Waals surface area contributed by atoms with Crippen molar-refractivity contribution < 1.29 is 9.18 Å². The van der Waals surface area contributed by atoms with E-state index in [2.05, 4.69) is 40.9 Å². The van der Waals surface area contributed by atoms with Crippen molar-refractivity contribution in [3.05, 3.63) is 92.8 Å². The first-order valence-corrected chi connectivity index (χ1v) is 14.3. The van der Waals surface area contributed by atoms with Crippen molar-refractivity contribution in [3.63, 3.8) is 0 Å². The fourth-order valence-electron chi connectivity index (χ4n) is 5.26. The van der Waals surface area contributed by atoms with Gasteiger partial charge in [-0.15, -0.1) is 0 Å². The lowest BCUT2D eigenvalue weighted by atomic mass is 10.0. The minimum absolute atomic E-state index is 0.183. The highest BCUT2D eigenvalue weighted by atomic mass is 79.9. The monoisotopic (exact) mass is 599 g/mol. The van der Waals surface area contributed by atoms with Gasteiger partial charge in [-0.25, -0.2) is 9.37 Å². The second kappa shape index (κ2) is 12.6. The van der Waals surface area contributed by atoms with Gasteiger partial charge in [-0.3, -0.25) is 14.6 Å². The number of halogens is 3. The molecule has 1 N–H and O–H groups in total. The van der Waals surface area contributed by atoms with E-state index in [0.717, 1.165) is 80.1 Å². The first-order valence-electron chi connectivity index (χ1n) is 13.1. The van der Waals surface area contributed by atoms with Crippen LogP contribution in [0.25, 0.3) is 0 Å². The van der Waals surface area contributed by atoms with Crippen molar-refractivity contribution in [3.8, 4) is 0 Å². The Hall–Kier alpha value is -2.52. The Morgan fingerprint density at radius 2 is 1.63 bits per heavy atom. The highest BCUT2D eigenvalue weighted by Crippen LogP contribution is 2.27. The Balaban J connectivity index is 1.08. The quantitative estimate of drug-likeness (QED) is 0.396. The van der Waals surface area contributed by atoms with Crippen LogP contribution in [0.4, 0.5) is 10.2 Å². The highest BCUT2D eigenvalue weighted by molar-refractivity contribution is 9.10. The van der Waals surface area contributed by atoms with E-state index >= 15 is 0 Å². The van der Waals surface area contributed by atoms with E-state index in [-0.39, 0.29) is 11.7 Å². The van der Waals surface area contributed by atoms with Crippen LogP contribution in [0.1, 0.15) is 34.3 Å². The van der Waals surface area contributed by atoms with Gasteiger partial charge in [-0.2, -0.15) is 0 Å². The highest BCUT2D eigenvalue weighted by Gasteiger charge is 2.28. The van der Waals surface area contributed by atoms with Gasteiger partial charge in [0.15, 0.2) is 0 Å². The topological polar surface area (TPSA) is 51.7 Å². The van der Waals surface area contributed by atoms with Gasteiger partial charge in [0.2, 0.25) is 0 Å². The zero-order valence-electron chi connectivity index (χ0n) is 21.3. The molecule has 6 nitrogen and oxygen atoms in total. The number of nitrogens with zero attached hydrogens (tertiary/aromatic N) is 4. The maximum Gasteiger partial charge on any atom is 0.253 e. The van der Waals surface area contributed by atoms with Crippen LogP contribution in [-0.4, -0.2) is 66.0 Å². The number of hydrogen-bond donors (Lipinski definition) is 1. The number of nitrogens with one attached hydrogen (secondary N) is 1. The van der Waals surface area contributed by atoms with Crippen molar-refractivity contribution in [2.24, 2.45) is 0 Å². The molecule has 0 radical (unpaired) electrons. The molecule has 3 aromatic rings. The summed E-state index contributed by atoms with van der Waals surface area (Å²) in [4.78, 5) is 24.4. The lowest BCUT2D eigenvalue weighted by Crippen LogP contribution is -2.53. The van der Waals surface area contributed by atoms with Crippen molar-refractivity contribution in [1.82, 2.24) is 20.1 Å². The Labute approximate surface area is 236 Å². The number of aromatic nitrogens is 1. The zero-order valence-corrected chi connectivity index (χ0v) is 23.6. The molecule has 2 aromatic carbocycles. The van der Waals surface area contributed by atoms with Crippen molar-refractivity contribution >= 4 is 39.3 Å². The van der Waals surface area contributed by atoms with Crippen LogP contribution in [0.5, 0.6) is 0 Å². The average molecular weight is 601 g/mol. The normalized spacial score (nSPS) is 17.5. The summed E-state index contributed by atoms with van der Waals surface area (Å²) >= 11 is 10.0. The maximum atomic E-state index is 13.2. The molecular weight excluding hydrogens is 569 g/mol. The van der Waals surface area contributed by atoms with Crippen LogP contribution in [-0.2, 0) is 13.1 Å². The number of pyridine rings is 1. The molecule has 2 fully saturated rings. The second-order valence-corrected chi connectivity index (χ2v) is 11.3. The summed E-state index contributed by atoms with van der Waals surface area (Å²) in [5, 5.41) is 3.43. The number of likely N-dealkylation sites (tertiary alicyclic amines) is 1. The summed E-state index contributed by atoms with van der Waals surface area (Å²) in [5.41, 5.74) is 2.64. The summed E-state index contributed by atoms with van der Waals surface area (Å²) < 4.78 is 14.2. The minimum atomic E-state index is -0.190. The molecule has 2 saturated heterocycles. The zero-order chi connectivity index (χ0) is 26.5. The third-order valence-electron chi connectivity index (χ3n) is 7.46. The van der Waals surface area contributed by atoms with Crippen LogP contribution >= 0.6 is 27.5 Å². The Bertz CT molecular complexity index is 1230. The van der Waals surface area contributed by atoms with Gasteiger partial charge in [-0.05, 0) is 67.4 Å². The number of piperidine rings is 1. The number of hydrogen-bond acceptors (Lipinski definition) is 5. The van der Waals surface area contributed by atoms with Gasteiger partial charge >= 0.3 is 0 Å². The van der Waals surface area contributed by atoms with Gasteiger partial charge in [0.1, 0.15) is 11.6 Å². The smallest absolute Gasteiger partial charge is 0.253 e. The third kappa shape index (κ3) is 6.91. The van der Waals surface area contributed by atoms with Crippen LogP contribution in [0.3, 0.4) is 0 Å². The van der Waals surface area contributed by atoms with Gasteiger partial charge in [0, 0.05) is 56.0 Å². The molecule has 1 amide bonds. The third-order valence-corrected chi connectivity index (χ3v) is 8.26. The minimum Gasteiger partial charge on any atom is -0.353 e. The molecular formula is C29H32BrClFN5O. The predicted molar refractivity (Wildman–Crippen MR) is 153 cm³/mol. The molecule has 0 bridgehead atoms. The van der Waals surface area contributed by atoms with Gasteiger partial charge in [0.05, 0.1) is 10.6 Å². The largest absolute Gasteiger partial charge is 0.353 e. The summed E-state index contributed by atoms with van der Waals surface area (Å²) in [6.07, 6.45) is 3.90. The molecule has 0 unspecified atom stereocenters. The Kier molecular flexibility index (Phi) is 8.94. The van der Waals surface area contributed by atoms with Crippen molar-refractivity contribution in [1.29, 1.82) is 0 Å². The number of carbonyl (C=O) groups excluding carboxylic acids is 1. The molecule has 0 aliphatic carbocycles. The number of anilines is 1. The number of benzene rings is 2. The average Bonchev–Trinajstić information content (AvgIpc) is 2.94. The first kappa shape index (κ1) is 27.1. The molecule has 0 spiro atoms. The summed E-state index contributed by atoms with van der Waals surface area (Å²) in [7, 11) is 0. The number of rotatable bonds is 7.